The van der Waals surface area contributed by atoms with Crippen LogP contribution >= 0.6 is 0 Å². The van der Waals surface area contributed by atoms with E-state index in [4.69, 9.17) is 5.26 Å². The molecule has 2 rings (SSSR count). The maximum atomic E-state index is 8.79. The molecule has 0 amide bonds. The minimum atomic E-state index is 0.610. The van der Waals surface area contributed by atoms with Crippen LogP contribution in [0, 0.1) is 11.3 Å². The molecule has 0 saturated heterocycles. The first-order valence-electron chi connectivity index (χ1n) is 6.57. The van der Waals surface area contributed by atoms with Crippen LogP contribution in [-0.2, 0) is 0 Å². The third-order valence-corrected chi connectivity index (χ3v) is 5.27. The zero-order chi connectivity index (χ0) is 13.5. The quantitative estimate of drug-likeness (QED) is 0.609. The number of benzene rings is 2. The van der Waals surface area contributed by atoms with Crippen molar-refractivity contribution in [3.63, 3.8) is 0 Å². The van der Waals surface area contributed by atoms with Crippen LogP contribution in [0.15, 0.2) is 48.5 Å². The van der Waals surface area contributed by atoms with Gasteiger partial charge in [-0.25, -0.2) is 0 Å². The predicted molar refractivity (Wildman–Crippen MR) is 81.7 cm³/mol. The van der Waals surface area contributed by atoms with Crippen molar-refractivity contribution in [3.05, 3.63) is 54.1 Å². The van der Waals surface area contributed by atoms with E-state index in [0.717, 1.165) is 0 Å². The van der Waals surface area contributed by atoms with Crippen LogP contribution in [0.3, 0.4) is 0 Å². The summed E-state index contributed by atoms with van der Waals surface area (Å²) in [4.78, 5) is 0. The van der Waals surface area contributed by atoms with Crippen LogP contribution in [0.4, 0.5) is 0 Å². The predicted octanol–water partition coefficient (Wildman–Crippen LogP) is 3.77. The SMILES string of the molecule is CCCC[Se]c1ccc(-c2ccc(C#N)cc2)cc1. The van der Waals surface area contributed by atoms with E-state index in [1.807, 2.05) is 24.3 Å². The number of nitrogens with zero attached hydrogens (tertiary/aromatic N) is 1. The molecule has 0 aliphatic heterocycles. The number of nitriles is 1. The number of hydrogen-bond acceptors (Lipinski definition) is 1. The topological polar surface area (TPSA) is 23.8 Å². The second-order valence-electron chi connectivity index (χ2n) is 4.42. The van der Waals surface area contributed by atoms with Gasteiger partial charge in [-0.2, -0.15) is 0 Å². The summed E-state index contributed by atoms with van der Waals surface area (Å²) in [5, 5.41) is 10.1. The molecule has 19 heavy (non-hydrogen) atoms. The monoisotopic (exact) mass is 315 g/mol. The summed E-state index contributed by atoms with van der Waals surface area (Å²) in [7, 11) is 0. The van der Waals surface area contributed by atoms with Gasteiger partial charge in [-0.05, 0) is 0 Å². The number of unbranched alkanes of at least 4 members (excludes halogenated alkanes) is 1. The van der Waals surface area contributed by atoms with E-state index < -0.39 is 0 Å². The average Bonchev–Trinajstić information content (AvgIpc) is 2.48. The molecule has 0 atom stereocenters. The molecule has 0 heterocycles. The van der Waals surface area contributed by atoms with Gasteiger partial charge in [0.05, 0.1) is 0 Å². The third kappa shape index (κ3) is 3.96. The molecule has 1 nitrogen and oxygen atoms in total. The molecule has 96 valence electrons. The third-order valence-electron chi connectivity index (χ3n) is 2.97. The summed E-state index contributed by atoms with van der Waals surface area (Å²) in [6.45, 7) is 2.24. The molecule has 0 fully saturated rings. The Morgan fingerprint density at radius 3 is 2.05 bits per heavy atom. The van der Waals surface area contributed by atoms with Crippen molar-refractivity contribution in [1.82, 2.24) is 0 Å². The fourth-order valence-corrected chi connectivity index (χ4v) is 3.91. The molecular weight excluding hydrogens is 297 g/mol. The molecule has 2 heteroatoms. The van der Waals surface area contributed by atoms with E-state index in [-0.39, 0.29) is 0 Å². The molecular formula is C17H17NSe. The average molecular weight is 314 g/mol. The molecule has 2 aromatic rings. The van der Waals surface area contributed by atoms with Gasteiger partial charge in [0.1, 0.15) is 0 Å². The molecule has 2 aromatic carbocycles. The van der Waals surface area contributed by atoms with Gasteiger partial charge in [0.15, 0.2) is 0 Å². The molecule has 0 unspecified atom stereocenters. The Morgan fingerprint density at radius 1 is 0.947 bits per heavy atom. The first-order chi connectivity index (χ1) is 9.33. The summed E-state index contributed by atoms with van der Waals surface area (Å²) in [6.07, 6.45) is 2.61. The first kappa shape index (κ1) is 13.9. The van der Waals surface area contributed by atoms with Gasteiger partial charge in [0.25, 0.3) is 0 Å². The fraction of sp³-hybridized carbons (Fsp3) is 0.235. The van der Waals surface area contributed by atoms with E-state index in [1.165, 1.54) is 33.7 Å². The normalized spacial score (nSPS) is 10.1. The second kappa shape index (κ2) is 7.14. The summed E-state index contributed by atoms with van der Waals surface area (Å²) in [5.74, 6) is 0. The van der Waals surface area contributed by atoms with Gasteiger partial charge in [-0.3, -0.25) is 0 Å². The van der Waals surface area contributed by atoms with Crippen LogP contribution in [-0.4, -0.2) is 15.0 Å². The van der Waals surface area contributed by atoms with Crippen molar-refractivity contribution in [2.45, 2.75) is 25.1 Å². The van der Waals surface area contributed by atoms with Gasteiger partial charge >= 0.3 is 121 Å². The Bertz CT molecular complexity index is 549. The van der Waals surface area contributed by atoms with Crippen molar-refractivity contribution in [3.8, 4) is 17.2 Å². The van der Waals surface area contributed by atoms with Crippen molar-refractivity contribution in [2.24, 2.45) is 0 Å². The molecule has 0 aliphatic carbocycles. The summed E-state index contributed by atoms with van der Waals surface area (Å²) < 4.78 is 1.47. The standard InChI is InChI=1S/C17H17NSe/c1-2-3-12-19-17-10-8-16(9-11-17)15-6-4-14(13-18)5-7-15/h4-11H,2-3,12H2,1H3. The Balaban J connectivity index is 2.07. The van der Waals surface area contributed by atoms with Crippen molar-refractivity contribution >= 4 is 19.4 Å². The van der Waals surface area contributed by atoms with Crippen LogP contribution in [0.25, 0.3) is 11.1 Å². The van der Waals surface area contributed by atoms with Crippen molar-refractivity contribution < 1.29 is 0 Å². The molecule has 0 aromatic heterocycles. The number of rotatable bonds is 5. The molecule has 0 N–H and O–H groups in total. The first-order valence-corrected chi connectivity index (χ1v) is 8.63. The Labute approximate surface area is 121 Å². The minimum absolute atomic E-state index is 0.610. The van der Waals surface area contributed by atoms with Crippen molar-refractivity contribution in [2.75, 3.05) is 0 Å². The van der Waals surface area contributed by atoms with Crippen LogP contribution < -0.4 is 4.46 Å². The second-order valence-corrected chi connectivity index (χ2v) is 6.87. The zero-order valence-corrected chi connectivity index (χ0v) is 12.8. The van der Waals surface area contributed by atoms with E-state index in [2.05, 4.69) is 37.3 Å². The molecule has 0 spiro atoms. The summed E-state index contributed by atoms with van der Waals surface area (Å²) >= 11 is 0.610. The zero-order valence-electron chi connectivity index (χ0n) is 11.1. The van der Waals surface area contributed by atoms with Gasteiger partial charge in [0.2, 0.25) is 0 Å². The van der Waals surface area contributed by atoms with Crippen LogP contribution in [0.5, 0.6) is 0 Å². The summed E-state index contributed by atoms with van der Waals surface area (Å²) in [5.41, 5.74) is 3.11. The van der Waals surface area contributed by atoms with Crippen LogP contribution in [0.2, 0.25) is 5.32 Å². The van der Waals surface area contributed by atoms with Gasteiger partial charge in [0, 0.05) is 0 Å². The Kier molecular flexibility index (Phi) is 5.21. The Hall–Kier alpha value is -1.55. The van der Waals surface area contributed by atoms with Crippen LogP contribution in [0.1, 0.15) is 25.3 Å². The molecule has 0 bridgehead atoms. The van der Waals surface area contributed by atoms with Gasteiger partial charge in [-0.1, -0.05) is 0 Å². The number of hydrogen-bond donors (Lipinski definition) is 0. The van der Waals surface area contributed by atoms with E-state index in [1.54, 1.807) is 0 Å². The van der Waals surface area contributed by atoms with Crippen molar-refractivity contribution in [1.29, 1.82) is 5.26 Å². The van der Waals surface area contributed by atoms with E-state index in [9.17, 15) is 0 Å². The Morgan fingerprint density at radius 2 is 1.53 bits per heavy atom. The maximum absolute atomic E-state index is 8.79. The summed E-state index contributed by atoms with van der Waals surface area (Å²) in [6, 6.07) is 18.8. The fourth-order valence-electron chi connectivity index (χ4n) is 1.82. The van der Waals surface area contributed by atoms with E-state index in [0.29, 0.717) is 20.5 Å². The molecule has 0 aliphatic rings. The van der Waals surface area contributed by atoms with Gasteiger partial charge < -0.3 is 0 Å². The molecule has 0 saturated carbocycles. The molecule has 0 radical (unpaired) electrons. The van der Waals surface area contributed by atoms with E-state index >= 15 is 0 Å². The van der Waals surface area contributed by atoms with Gasteiger partial charge in [-0.15, -0.1) is 0 Å².